The molecule has 0 aliphatic heterocycles. The van der Waals surface area contributed by atoms with Crippen LogP contribution < -0.4 is 4.74 Å². The van der Waals surface area contributed by atoms with Crippen molar-refractivity contribution in [1.82, 2.24) is 4.90 Å². The molecule has 0 saturated carbocycles. The summed E-state index contributed by atoms with van der Waals surface area (Å²) in [6, 6.07) is 6.78. The number of likely N-dealkylation sites (N-methyl/N-ethyl adjacent to an activating group) is 1. The van der Waals surface area contributed by atoms with E-state index in [-0.39, 0.29) is 12.5 Å². The van der Waals surface area contributed by atoms with Gasteiger partial charge in [-0.3, -0.25) is 4.79 Å². The highest BCUT2D eigenvalue weighted by Crippen LogP contribution is 2.15. The van der Waals surface area contributed by atoms with E-state index >= 15 is 0 Å². The summed E-state index contributed by atoms with van der Waals surface area (Å²) < 4.78 is 10.7. The average molecular weight is 333 g/mol. The van der Waals surface area contributed by atoms with Crippen molar-refractivity contribution >= 4 is 11.9 Å². The predicted molar refractivity (Wildman–Crippen MR) is 94.1 cm³/mol. The number of hydrogen-bond donors (Lipinski definition) is 0. The Hall–Kier alpha value is -2.30. The van der Waals surface area contributed by atoms with Crippen molar-refractivity contribution in [2.75, 3.05) is 26.3 Å². The molecule has 24 heavy (non-hydrogen) atoms. The maximum Gasteiger partial charge on any atom is 0.338 e. The molecule has 1 rings (SSSR count). The fraction of sp³-hybridized carbons (Fsp3) is 0.474. The molecule has 5 heteroatoms. The van der Waals surface area contributed by atoms with E-state index in [0.717, 1.165) is 5.57 Å². The number of nitrogens with zero attached hydrogens (tertiary/aromatic N) is 1. The summed E-state index contributed by atoms with van der Waals surface area (Å²) in [5, 5.41) is 0. The van der Waals surface area contributed by atoms with Gasteiger partial charge in [-0.2, -0.15) is 0 Å². The van der Waals surface area contributed by atoms with E-state index in [1.165, 1.54) is 0 Å². The van der Waals surface area contributed by atoms with Gasteiger partial charge in [-0.05, 0) is 38.0 Å². The van der Waals surface area contributed by atoms with Crippen LogP contribution in [0.25, 0.3) is 0 Å². The number of esters is 1. The van der Waals surface area contributed by atoms with Crippen LogP contribution in [0.3, 0.4) is 0 Å². The fourth-order valence-electron chi connectivity index (χ4n) is 1.98. The number of hydrogen-bond acceptors (Lipinski definition) is 4. The van der Waals surface area contributed by atoms with Crippen LogP contribution in [0, 0.1) is 5.92 Å². The Balaban J connectivity index is 2.60. The molecule has 0 atom stereocenters. The minimum absolute atomic E-state index is 0.235. The van der Waals surface area contributed by atoms with Crippen molar-refractivity contribution in [1.29, 1.82) is 0 Å². The minimum atomic E-state index is -0.537. The van der Waals surface area contributed by atoms with Gasteiger partial charge in [-0.1, -0.05) is 32.1 Å². The Labute approximate surface area is 144 Å². The summed E-state index contributed by atoms with van der Waals surface area (Å²) in [4.78, 5) is 25.8. The second-order valence-electron chi connectivity index (χ2n) is 6.17. The largest absolute Gasteiger partial charge is 0.493 e. The average Bonchev–Trinajstić information content (AvgIpc) is 2.55. The van der Waals surface area contributed by atoms with Gasteiger partial charge in [0.05, 0.1) is 12.2 Å². The first kappa shape index (κ1) is 19.7. The van der Waals surface area contributed by atoms with Gasteiger partial charge >= 0.3 is 5.97 Å². The highest BCUT2D eigenvalue weighted by Gasteiger charge is 2.15. The standard InChI is InChI=1S/C19H27NO4/c1-6-20(11-14(2)3)18(21)13-24-19(22)16-8-7-9-17(10-16)23-12-15(4)5/h7-10,15H,2,6,11-13H2,1,3-5H3. The zero-order valence-corrected chi connectivity index (χ0v) is 15.0. The first-order valence-electron chi connectivity index (χ1n) is 8.15. The van der Waals surface area contributed by atoms with Gasteiger partial charge < -0.3 is 14.4 Å². The molecule has 0 heterocycles. The summed E-state index contributed by atoms with van der Waals surface area (Å²) in [6.07, 6.45) is 0. The molecule has 1 aromatic carbocycles. The first-order valence-corrected chi connectivity index (χ1v) is 8.15. The molecule has 132 valence electrons. The van der Waals surface area contributed by atoms with Gasteiger partial charge in [0.15, 0.2) is 6.61 Å². The van der Waals surface area contributed by atoms with Gasteiger partial charge in [0.25, 0.3) is 5.91 Å². The maximum absolute atomic E-state index is 12.1. The van der Waals surface area contributed by atoms with Crippen LogP contribution in [0.15, 0.2) is 36.4 Å². The monoisotopic (exact) mass is 333 g/mol. The van der Waals surface area contributed by atoms with Crippen LogP contribution in [-0.4, -0.2) is 43.1 Å². The summed E-state index contributed by atoms with van der Waals surface area (Å²) in [6.45, 7) is 12.9. The molecule has 0 bridgehead atoms. The predicted octanol–water partition coefficient (Wildman–Crippen LogP) is 3.30. The molecule has 0 aliphatic carbocycles. The normalized spacial score (nSPS) is 10.4. The highest BCUT2D eigenvalue weighted by atomic mass is 16.5. The van der Waals surface area contributed by atoms with Crippen LogP contribution >= 0.6 is 0 Å². The maximum atomic E-state index is 12.1. The molecule has 0 saturated heterocycles. The lowest BCUT2D eigenvalue weighted by Crippen LogP contribution is -2.35. The van der Waals surface area contributed by atoms with Crippen molar-refractivity contribution in [3.05, 3.63) is 42.0 Å². The zero-order valence-electron chi connectivity index (χ0n) is 15.0. The molecular weight excluding hydrogens is 306 g/mol. The van der Waals surface area contributed by atoms with Gasteiger partial charge in [-0.15, -0.1) is 0 Å². The quantitative estimate of drug-likeness (QED) is 0.514. The molecule has 0 fully saturated rings. The SMILES string of the molecule is C=C(C)CN(CC)C(=O)COC(=O)c1cccc(OCC(C)C)c1. The summed E-state index contributed by atoms with van der Waals surface area (Å²) in [5.41, 5.74) is 1.25. The van der Waals surface area contributed by atoms with Crippen molar-refractivity contribution in [3.63, 3.8) is 0 Å². The molecule has 1 amide bonds. The number of carbonyl (C=O) groups is 2. The van der Waals surface area contributed by atoms with Gasteiger partial charge in [-0.25, -0.2) is 4.79 Å². The number of rotatable bonds is 9. The third-order valence-electron chi connectivity index (χ3n) is 3.18. The third kappa shape index (κ3) is 6.86. The second kappa shape index (κ2) is 9.75. The Morgan fingerprint density at radius 1 is 1.29 bits per heavy atom. The fourth-order valence-corrected chi connectivity index (χ4v) is 1.98. The van der Waals surface area contributed by atoms with E-state index in [0.29, 0.717) is 36.9 Å². The first-order chi connectivity index (χ1) is 11.3. The zero-order chi connectivity index (χ0) is 18.1. The Morgan fingerprint density at radius 2 is 2.00 bits per heavy atom. The number of benzene rings is 1. The lowest BCUT2D eigenvalue weighted by Gasteiger charge is -2.20. The van der Waals surface area contributed by atoms with E-state index in [4.69, 9.17) is 9.47 Å². The molecule has 0 unspecified atom stereocenters. The Kier molecular flexibility index (Phi) is 8.02. The lowest BCUT2D eigenvalue weighted by atomic mass is 10.2. The summed E-state index contributed by atoms with van der Waals surface area (Å²) in [7, 11) is 0. The third-order valence-corrected chi connectivity index (χ3v) is 3.18. The molecule has 0 aromatic heterocycles. The molecule has 5 nitrogen and oxygen atoms in total. The molecule has 0 N–H and O–H groups in total. The van der Waals surface area contributed by atoms with E-state index in [9.17, 15) is 9.59 Å². The highest BCUT2D eigenvalue weighted by molar-refractivity contribution is 5.91. The second-order valence-corrected chi connectivity index (χ2v) is 6.17. The molecule has 0 aliphatic rings. The topological polar surface area (TPSA) is 55.8 Å². The number of ether oxygens (including phenoxy) is 2. The molecule has 1 aromatic rings. The molecule has 0 radical (unpaired) electrons. The van der Waals surface area contributed by atoms with Crippen molar-refractivity contribution in [2.45, 2.75) is 27.7 Å². The van der Waals surface area contributed by atoms with Gasteiger partial charge in [0.2, 0.25) is 0 Å². The van der Waals surface area contributed by atoms with Crippen molar-refractivity contribution < 1.29 is 19.1 Å². The Bertz CT molecular complexity index is 580. The Morgan fingerprint density at radius 3 is 2.58 bits per heavy atom. The van der Waals surface area contributed by atoms with Crippen LogP contribution in [0.4, 0.5) is 0 Å². The van der Waals surface area contributed by atoms with Crippen LogP contribution in [0.2, 0.25) is 0 Å². The van der Waals surface area contributed by atoms with Crippen LogP contribution in [0.5, 0.6) is 5.75 Å². The smallest absolute Gasteiger partial charge is 0.338 e. The summed E-state index contributed by atoms with van der Waals surface area (Å²) >= 11 is 0. The van der Waals surface area contributed by atoms with E-state index in [1.54, 1.807) is 29.2 Å². The molecular formula is C19H27NO4. The molecule has 0 spiro atoms. The number of carbonyl (C=O) groups excluding carboxylic acids is 2. The van der Waals surface area contributed by atoms with Crippen molar-refractivity contribution in [2.24, 2.45) is 5.92 Å². The summed E-state index contributed by atoms with van der Waals surface area (Å²) in [5.74, 6) is 0.235. The van der Waals surface area contributed by atoms with Gasteiger partial charge in [0.1, 0.15) is 5.75 Å². The van der Waals surface area contributed by atoms with Gasteiger partial charge in [0, 0.05) is 13.1 Å². The minimum Gasteiger partial charge on any atom is -0.493 e. The van der Waals surface area contributed by atoms with Crippen LogP contribution in [-0.2, 0) is 9.53 Å². The van der Waals surface area contributed by atoms with E-state index in [1.807, 2.05) is 27.7 Å². The van der Waals surface area contributed by atoms with Crippen LogP contribution in [0.1, 0.15) is 38.1 Å². The van der Waals surface area contributed by atoms with Crippen molar-refractivity contribution in [3.8, 4) is 5.75 Å². The number of amides is 1. The van der Waals surface area contributed by atoms with E-state index in [2.05, 4.69) is 6.58 Å². The van der Waals surface area contributed by atoms with E-state index < -0.39 is 5.97 Å². The lowest BCUT2D eigenvalue weighted by molar-refractivity contribution is -0.133.